The van der Waals surface area contributed by atoms with Crippen molar-refractivity contribution in [3.8, 4) is 0 Å². The molecule has 0 bridgehead atoms. The molecule has 0 saturated heterocycles. The van der Waals surface area contributed by atoms with Crippen LogP contribution in [0.5, 0.6) is 0 Å². The summed E-state index contributed by atoms with van der Waals surface area (Å²) in [6.45, 7) is 1.30. The van der Waals surface area contributed by atoms with Gasteiger partial charge in [-0.05, 0) is 23.3 Å². The van der Waals surface area contributed by atoms with Crippen LogP contribution in [-0.2, 0) is 16.0 Å². The van der Waals surface area contributed by atoms with Crippen LogP contribution >= 0.6 is 0 Å². The Bertz CT molecular complexity index is 853. The van der Waals surface area contributed by atoms with Crippen LogP contribution in [0.25, 0.3) is 0 Å². The zero-order chi connectivity index (χ0) is 18.7. The van der Waals surface area contributed by atoms with Crippen molar-refractivity contribution in [2.24, 2.45) is 0 Å². The molecule has 3 rings (SSSR count). The van der Waals surface area contributed by atoms with Gasteiger partial charge in [-0.25, -0.2) is 5.43 Å². The van der Waals surface area contributed by atoms with Gasteiger partial charge in [-0.15, -0.1) is 0 Å². The molecule has 8 nitrogen and oxygen atoms in total. The van der Waals surface area contributed by atoms with E-state index < -0.39 is 23.0 Å². The number of ether oxygens (including phenoxy) is 1. The third-order valence-corrected chi connectivity index (χ3v) is 4.16. The Balaban J connectivity index is 1.82. The molecule has 0 fully saturated rings. The molecule has 2 atom stereocenters. The van der Waals surface area contributed by atoms with Crippen LogP contribution in [0.2, 0.25) is 0 Å². The van der Waals surface area contributed by atoms with Gasteiger partial charge in [0.05, 0.1) is 11.0 Å². The van der Waals surface area contributed by atoms with E-state index in [1.807, 2.05) is 0 Å². The molecule has 1 aliphatic carbocycles. The number of nitrogens with one attached hydrogen (secondary N) is 2. The lowest BCUT2D eigenvalue weighted by Crippen LogP contribution is -2.44. The Morgan fingerprint density at radius 3 is 2.58 bits per heavy atom. The smallest absolute Gasteiger partial charge is 0.302 e. The first-order chi connectivity index (χ1) is 12.5. The van der Waals surface area contributed by atoms with Gasteiger partial charge in [0.1, 0.15) is 6.10 Å². The maximum absolute atomic E-state index is 12.2. The van der Waals surface area contributed by atoms with E-state index in [0.717, 1.165) is 5.56 Å². The zero-order valence-corrected chi connectivity index (χ0v) is 14.0. The maximum atomic E-state index is 12.2. The van der Waals surface area contributed by atoms with E-state index >= 15 is 0 Å². The lowest BCUT2D eigenvalue weighted by Gasteiger charge is -2.22. The number of hydrogen-bond donors (Lipinski definition) is 2. The van der Waals surface area contributed by atoms with Crippen LogP contribution in [0.1, 0.15) is 34.5 Å². The van der Waals surface area contributed by atoms with Crippen LogP contribution < -0.4 is 10.9 Å². The highest BCUT2D eigenvalue weighted by atomic mass is 16.6. The van der Waals surface area contributed by atoms with E-state index in [2.05, 4.69) is 10.9 Å². The summed E-state index contributed by atoms with van der Waals surface area (Å²) < 4.78 is 5.32. The number of nitrogens with zero attached hydrogens (tertiary/aromatic N) is 1. The van der Waals surface area contributed by atoms with E-state index in [4.69, 9.17) is 4.74 Å². The second kappa shape index (κ2) is 7.32. The number of amides is 1. The molecule has 2 aromatic rings. The minimum Gasteiger partial charge on any atom is -0.460 e. The van der Waals surface area contributed by atoms with Crippen LogP contribution in [-0.4, -0.2) is 22.9 Å². The summed E-state index contributed by atoms with van der Waals surface area (Å²) in [7, 11) is 0. The van der Waals surface area contributed by atoms with Gasteiger partial charge in [0.15, 0.2) is 0 Å². The molecule has 2 unspecified atom stereocenters. The fraction of sp³-hybridized carbons (Fsp3) is 0.222. The van der Waals surface area contributed by atoms with Crippen LogP contribution in [0.4, 0.5) is 5.69 Å². The van der Waals surface area contributed by atoms with E-state index in [9.17, 15) is 19.7 Å². The molecule has 0 heterocycles. The summed E-state index contributed by atoms with van der Waals surface area (Å²) in [5.74, 6) is -0.815. The number of carbonyl (C=O) groups is 2. The van der Waals surface area contributed by atoms with Crippen molar-refractivity contribution in [1.82, 2.24) is 10.9 Å². The highest BCUT2D eigenvalue weighted by molar-refractivity contribution is 5.93. The van der Waals surface area contributed by atoms with Crippen molar-refractivity contribution in [3.63, 3.8) is 0 Å². The number of nitro benzene ring substituents is 1. The largest absolute Gasteiger partial charge is 0.460 e. The SMILES string of the molecule is CC(=O)OC1Cc2ccc([N+](=O)[O-])cc2C1NNC(=O)c1ccccc1. The van der Waals surface area contributed by atoms with Gasteiger partial charge in [-0.3, -0.25) is 25.1 Å². The lowest BCUT2D eigenvalue weighted by molar-refractivity contribution is -0.384. The number of nitro groups is 1. The van der Waals surface area contributed by atoms with Gasteiger partial charge in [0, 0.05) is 31.0 Å². The molecule has 0 radical (unpaired) electrons. The molecule has 0 aliphatic heterocycles. The fourth-order valence-electron chi connectivity index (χ4n) is 3.00. The molecule has 8 heteroatoms. The number of non-ortho nitro benzene ring substituents is 1. The molecule has 0 aromatic heterocycles. The predicted molar refractivity (Wildman–Crippen MR) is 92.1 cm³/mol. The first-order valence-corrected chi connectivity index (χ1v) is 8.01. The maximum Gasteiger partial charge on any atom is 0.302 e. The Hall–Kier alpha value is -3.26. The average Bonchev–Trinajstić information content (AvgIpc) is 2.95. The number of rotatable bonds is 5. The first kappa shape index (κ1) is 17.6. The average molecular weight is 355 g/mol. The van der Waals surface area contributed by atoms with Gasteiger partial charge < -0.3 is 4.74 Å². The Morgan fingerprint density at radius 2 is 1.92 bits per heavy atom. The summed E-state index contributed by atoms with van der Waals surface area (Å²) in [6, 6.07) is 12.5. The third kappa shape index (κ3) is 3.70. The van der Waals surface area contributed by atoms with E-state index in [0.29, 0.717) is 17.5 Å². The number of fused-ring (bicyclic) bond motifs is 1. The van der Waals surface area contributed by atoms with Crippen molar-refractivity contribution >= 4 is 17.6 Å². The van der Waals surface area contributed by atoms with E-state index in [-0.39, 0.29) is 11.6 Å². The third-order valence-electron chi connectivity index (χ3n) is 4.16. The predicted octanol–water partition coefficient (Wildman–Crippen LogP) is 2.06. The monoisotopic (exact) mass is 355 g/mol. The highest BCUT2D eigenvalue weighted by Gasteiger charge is 2.36. The Kier molecular flexibility index (Phi) is 4.94. The van der Waals surface area contributed by atoms with Crippen LogP contribution in [0, 0.1) is 10.1 Å². The summed E-state index contributed by atoms with van der Waals surface area (Å²) in [6.07, 6.45) is -0.160. The van der Waals surface area contributed by atoms with E-state index in [1.54, 1.807) is 36.4 Å². The van der Waals surface area contributed by atoms with Crippen molar-refractivity contribution in [2.45, 2.75) is 25.5 Å². The summed E-state index contributed by atoms with van der Waals surface area (Å²) in [4.78, 5) is 34.2. The molecule has 0 spiro atoms. The van der Waals surface area contributed by atoms with Crippen LogP contribution in [0.3, 0.4) is 0 Å². The molecular formula is C18H17N3O5. The van der Waals surface area contributed by atoms with Crippen molar-refractivity contribution in [1.29, 1.82) is 0 Å². The quantitative estimate of drug-likeness (QED) is 0.482. The first-order valence-electron chi connectivity index (χ1n) is 8.01. The minimum atomic E-state index is -0.582. The molecule has 0 saturated carbocycles. The number of benzene rings is 2. The lowest BCUT2D eigenvalue weighted by atomic mass is 10.1. The summed E-state index contributed by atoms with van der Waals surface area (Å²) in [5.41, 5.74) is 7.29. The van der Waals surface area contributed by atoms with Crippen molar-refractivity contribution in [3.05, 3.63) is 75.3 Å². The van der Waals surface area contributed by atoms with E-state index in [1.165, 1.54) is 19.1 Å². The molecule has 1 amide bonds. The highest BCUT2D eigenvalue weighted by Crippen LogP contribution is 2.35. The normalized spacial score (nSPS) is 18.0. The number of esters is 1. The number of hydrazine groups is 1. The summed E-state index contributed by atoms with van der Waals surface area (Å²) in [5, 5.41) is 11.0. The molecular weight excluding hydrogens is 338 g/mol. The fourth-order valence-corrected chi connectivity index (χ4v) is 3.00. The zero-order valence-electron chi connectivity index (χ0n) is 14.0. The van der Waals surface area contributed by atoms with Crippen molar-refractivity contribution < 1.29 is 19.2 Å². The standard InChI is InChI=1S/C18H17N3O5/c1-11(22)26-16-9-13-7-8-14(21(24)25)10-15(13)17(16)19-20-18(23)12-5-3-2-4-6-12/h2-8,10,16-17,19H,9H2,1H3,(H,20,23). The van der Waals surface area contributed by atoms with Gasteiger partial charge >= 0.3 is 5.97 Å². The second-order valence-corrected chi connectivity index (χ2v) is 5.93. The van der Waals surface area contributed by atoms with Gasteiger partial charge in [-0.2, -0.15) is 0 Å². The Morgan fingerprint density at radius 1 is 1.19 bits per heavy atom. The molecule has 2 N–H and O–H groups in total. The second-order valence-electron chi connectivity index (χ2n) is 5.93. The van der Waals surface area contributed by atoms with Gasteiger partial charge in [0.2, 0.25) is 0 Å². The Labute approximate surface area is 149 Å². The van der Waals surface area contributed by atoms with Crippen LogP contribution in [0.15, 0.2) is 48.5 Å². The van der Waals surface area contributed by atoms with Gasteiger partial charge in [0.25, 0.3) is 11.6 Å². The topological polar surface area (TPSA) is 111 Å². The number of carbonyl (C=O) groups excluding carboxylic acids is 2. The number of hydrogen-bond acceptors (Lipinski definition) is 6. The molecule has 26 heavy (non-hydrogen) atoms. The molecule has 2 aromatic carbocycles. The van der Waals surface area contributed by atoms with Crippen molar-refractivity contribution in [2.75, 3.05) is 0 Å². The minimum absolute atomic E-state index is 0.0617. The molecule has 134 valence electrons. The molecule has 1 aliphatic rings. The van der Waals surface area contributed by atoms with Gasteiger partial charge in [-0.1, -0.05) is 24.3 Å². The summed E-state index contributed by atoms with van der Waals surface area (Å²) >= 11 is 0.